The van der Waals surface area contributed by atoms with Crippen LogP contribution in [-0.2, 0) is 13.0 Å². The summed E-state index contributed by atoms with van der Waals surface area (Å²) in [6, 6.07) is 3.48. The molecule has 0 bridgehead atoms. The van der Waals surface area contributed by atoms with Crippen molar-refractivity contribution in [2.75, 3.05) is 6.54 Å². The lowest BCUT2D eigenvalue weighted by atomic mass is 10.3. The van der Waals surface area contributed by atoms with Crippen molar-refractivity contribution in [1.29, 1.82) is 0 Å². The molecule has 1 rings (SSSR count). The molecule has 0 radical (unpaired) electrons. The topological polar surface area (TPSA) is 45.4 Å². The van der Waals surface area contributed by atoms with Crippen LogP contribution >= 0.6 is 0 Å². The molecule has 1 aromatic heterocycles. The molecule has 1 atom stereocenters. The standard InChI is InChI=1S/C10H14F3NO2/c1-2-7-3-4-8(16-7)5-14-6-9(15)10(11,12)13/h3-4,9,14-15H,2,5-6H2,1H3. The summed E-state index contributed by atoms with van der Waals surface area (Å²) in [5, 5.41) is 11.2. The lowest BCUT2D eigenvalue weighted by molar-refractivity contribution is -0.201. The van der Waals surface area contributed by atoms with Crippen molar-refractivity contribution < 1.29 is 22.7 Å². The minimum atomic E-state index is -4.58. The molecular formula is C10H14F3NO2. The first-order valence-electron chi connectivity index (χ1n) is 4.96. The second-order valence-electron chi connectivity index (χ2n) is 3.41. The van der Waals surface area contributed by atoms with Gasteiger partial charge in [-0.3, -0.25) is 0 Å². The Hall–Kier alpha value is -1.01. The molecule has 0 aromatic carbocycles. The van der Waals surface area contributed by atoms with E-state index in [9.17, 15) is 13.2 Å². The average molecular weight is 237 g/mol. The van der Waals surface area contributed by atoms with E-state index in [0.29, 0.717) is 5.76 Å². The molecule has 0 spiro atoms. The third-order valence-corrected chi connectivity index (χ3v) is 2.08. The van der Waals surface area contributed by atoms with Crippen LogP contribution in [0.1, 0.15) is 18.4 Å². The molecule has 1 unspecified atom stereocenters. The number of alkyl halides is 3. The Labute approximate surface area is 91.3 Å². The maximum atomic E-state index is 11.9. The number of rotatable bonds is 5. The number of hydrogen-bond acceptors (Lipinski definition) is 3. The maximum Gasteiger partial charge on any atom is 0.415 e. The molecule has 2 N–H and O–H groups in total. The van der Waals surface area contributed by atoms with Crippen molar-refractivity contribution in [2.24, 2.45) is 0 Å². The van der Waals surface area contributed by atoms with Crippen LogP contribution in [0.4, 0.5) is 13.2 Å². The molecule has 0 fully saturated rings. The van der Waals surface area contributed by atoms with Gasteiger partial charge < -0.3 is 14.8 Å². The number of halogens is 3. The van der Waals surface area contributed by atoms with Crippen LogP contribution in [0.25, 0.3) is 0 Å². The molecule has 0 aliphatic heterocycles. The van der Waals surface area contributed by atoms with Gasteiger partial charge in [0.1, 0.15) is 11.5 Å². The zero-order valence-corrected chi connectivity index (χ0v) is 8.84. The van der Waals surface area contributed by atoms with Gasteiger partial charge in [-0.2, -0.15) is 13.2 Å². The van der Waals surface area contributed by atoms with Gasteiger partial charge in [-0.05, 0) is 12.1 Å². The predicted molar refractivity (Wildman–Crippen MR) is 51.9 cm³/mol. The van der Waals surface area contributed by atoms with E-state index in [-0.39, 0.29) is 6.54 Å². The Kier molecular flexibility index (Phi) is 4.37. The van der Waals surface area contributed by atoms with E-state index < -0.39 is 18.8 Å². The van der Waals surface area contributed by atoms with Gasteiger partial charge in [0.15, 0.2) is 6.10 Å². The SMILES string of the molecule is CCc1ccc(CNCC(O)C(F)(F)F)o1. The molecule has 0 amide bonds. The van der Waals surface area contributed by atoms with E-state index in [4.69, 9.17) is 9.52 Å². The molecule has 0 aliphatic rings. The molecule has 0 aliphatic carbocycles. The van der Waals surface area contributed by atoms with Crippen LogP contribution in [0.15, 0.2) is 16.5 Å². The Morgan fingerprint density at radius 1 is 1.38 bits per heavy atom. The Morgan fingerprint density at radius 2 is 2.00 bits per heavy atom. The van der Waals surface area contributed by atoms with E-state index in [1.807, 2.05) is 6.92 Å². The fraction of sp³-hybridized carbons (Fsp3) is 0.600. The first kappa shape index (κ1) is 13.1. The van der Waals surface area contributed by atoms with E-state index >= 15 is 0 Å². The smallest absolute Gasteiger partial charge is 0.415 e. The third kappa shape index (κ3) is 3.86. The summed E-state index contributed by atoms with van der Waals surface area (Å²) in [4.78, 5) is 0. The van der Waals surface area contributed by atoms with Gasteiger partial charge in [-0.25, -0.2) is 0 Å². The molecule has 1 aromatic rings. The largest absolute Gasteiger partial charge is 0.465 e. The molecular weight excluding hydrogens is 223 g/mol. The van der Waals surface area contributed by atoms with E-state index in [1.54, 1.807) is 12.1 Å². The number of furan rings is 1. The van der Waals surface area contributed by atoms with Crippen LogP contribution in [0, 0.1) is 0 Å². The fourth-order valence-electron chi connectivity index (χ4n) is 1.16. The number of hydrogen-bond donors (Lipinski definition) is 2. The van der Waals surface area contributed by atoms with Crippen molar-refractivity contribution in [3.05, 3.63) is 23.7 Å². The van der Waals surface area contributed by atoms with Crippen LogP contribution in [0.5, 0.6) is 0 Å². The normalized spacial score (nSPS) is 14.1. The summed E-state index contributed by atoms with van der Waals surface area (Å²) >= 11 is 0. The van der Waals surface area contributed by atoms with Crippen LogP contribution < -0.4 is 5.32 Å². The van der Waals surface area contributed by atoms with Gasteiger partial charge in [-0.1, -0.05) is 6.92 Å². The van der Waals surface area contributed by atoms with Gasteiger partial charge in [0, 0.05) is 13.0 Å². The second-order valence-corrected chi connectivity index (χ2v) is 3.41. The molecule has 1 heterocycles. The average Bonchev–Trinajstić information content (AvgIpc) is 2.64. The lowest BCUT2D eigenvalue weighted by Gasteiger charge is -2.14. The van der Waals surface area contributed by atoms with Gasteiger partial charge in [-0.15, -0.1) is 0 Å². The van der Waals surface area contributed by atoms with Crippen molar-refractivity contribution in [2.45, 2.75) is 32.2 Å². The number of nitrogens with one attached hydrogen (secondary N) is 1. The summed E-state index contributed by atoms with van der Waals surface area (Å²) in [6.45, 7) is 1.56. The summed E-state index contributed by atoms with van der Waals surface area (Å²) < 4.78 is 41.0. The minimum absolute atomic E-state index is 0.174. The Morgan fingerprint density at radius 3 is 2.50 bits per heavy atom. The predicted octanol–water partition coefficient (Wildman–Crippen LogP) is 1.85. The fourth-order valence-corrected chi connectivity index (χ4v) is 1.16. The van der Waals surface area contributed by atoms with Gasteiger partial charge in [0.25, 0.3) is 0 Å². The summed E-state index contributed by atoms with van der Waals surface area (Å²) in [6.07, 6.45) is -6.18. The first-order valence-corrected chi connectivity index (χ1v) is 4.96. The monoisotopic (exact) mass is 237 g/mol. The number of aryl methyl sites for hydroxylation is 1. The maximum absolute atomic E-state index is 11.9. The van der Waals surface area contributed by atoms with Gasteiger partial charge in [0.2, 0.25) is 0 Å². The second kappa shape index (κ2) is 5.36. The third-order valence-electron chi connectivity index (χ3n) is 2.08. The zero-order valence-electron chi connectivity index (χ0n) is 8.84. The summed E-state index contributed by atoms with van der Waals surface area (Å²) in [7, 11) is 0. The van der Waals surface area contributed by atoms with Crippen LogP contribution in [0.2, 0.25) is 0 Å². The van der Waals surface area contributed by atoms with Crippen molar-refractivity contribution in [3.63, 3.8) is 0 Å². The summed E-state index contributed by atoms with van der Waals surface area (Å²) in [5.74, 6) is 1.35. The lowest BCUT2D eigenvalue weighted by Crippen LogP contribution is -2.38. The van der Waals surface area contributed by atoms with Crippen molar-refractivity contribution in [3.8, 4) is 0 Å². The van der Waals surface area contributed by atoms with Crippen molar-refractivity contribution >= 4 is 0 Å². The molecule has 0 saturated heterocycles. The van der Waals surface area contributed by atoms with Crippen molar-refractivity contribution in [1.82, 2.24) is 5.32 Å². The highest BCUT2D eigenvalue weighted by Gasteiger charge is 2.37. The quantitative estimate of drug-likeness (QED) is 0.821. The minimum Gasteiger partial charge on any atom is -0.465 e. The molecule has 0 saturated carbocycles. The first-order chi connectivity index (χ1) is 7.43. The van der Waals surface area contributed by atoms with Gasteiger partial charge in [0.05, 0.1) is 6.54 Å². The summed E-state index contributed by atoms with van der Waals surface area (Å²) in [5.41, 5.74) is 0. The number of aliphatic hydroxyl groups excluding tert-OH is 1. The van der Waals surface area contributed by atoms with Crippen LogP contribution in [-0.4, -0.2) is 23.9 Å². The highest BCUT2D eigenvalue weighted by atomic mass is 19.4. The Bertz CT molecular complexity index is 322. The molecule has 3 nitrogen and oxygen atoms in total. The Balaban J connectivity index is 2.30. The van der Waals surface area contributed by atoms with E-state index in [1.165, 1.54) is 0 Å². The van der Waals surface area contributed by atoms with E-state index in [0.717, 1.165) is 12.2 Å². The molecule has 6 heteroatoms. The zero-order chi connectivity index (χ0) is 12.2. The molecule has 16 heavy (non-hydrogen) atoms. The van der Waals surface area contributed by atoms with E-state index in [2.05, 4.69) is 5.32 Å². The van der Waals surface area contributed by atoms with Gasteiger partial charge >= 0.3 is 6.18 Å². The van der Waals surface area contributed by atoms with Crippen LogP contribution in [0.3, 0.4) is 0 Å². The number of aliphatic hydroxyl groups is 1. The highest BCUT2D eigenvalue weighted by Crippen LogP contribution is 2.19. The molecule has 92 valence electrons. The highest BCUT2D eigenvalue weighted by molar-refractivity contribution is 5.06.